The van der Waals surface area contributed by atoms with Crippen molar-refractivity contribution in [1.82, 2.24) is 10.6 Å². The fourth-order valence-corrected chi connectivity index (χ4v) is 5.56. The lowest BCUT2D eigenvalue weighted by molar-refractivity contribution is -0.00136. The van der Waals surface area contributed by atoms with Crippen molar-refractivity contribution in [1.29, 1.82) is 0 Å². The number of rotatable bonds is 3. The predicted octanol–water partition coefficient (Wildman–Crippen LogP) is -0.237. The monoisotopic (exact) mass is 244 g/mol. The molecule has 2 heterocycles. The third kappa shape index (κ3) is 1.79. The Morgan fingerprint density at radius 3 is 2.38 bits per heavy atom. The van der Waals surface area contributed by atoms with Crippen LogP contribution >= 0.6 is 0 Å². The van der Waals surface area contributed by atoms with Gasteiger partial charge in [0.1, 0.15) is 0 Å². The summed E-state index contributed by atoms with van der Waals surface area (Å²) >= 11 is 0. The molecule has 0 unspecified atom stereocenters. The summed E-state index contributed by atoms with van der Waals surface area (Å²) in [5.74, 6) is 1.40. The standard InChI is InChI=1S/C11H20N2O2S/c1-10(7-16(14,15)8-10)13-4-9-2-11(3-9)5-12-6-11/h9,12-13H,2-8H2,1H3. The summed E-state index contributed by atoms with van der Waals surface area (Å²) in [4.78, 5) is 0. The lowest BCUT2D eigenvalue weighted by Crippen LogP contribution is -2.65. The van der Waals surface area contributed by atoms with E-state index in [2.05, 4.69) is 10.6 Å². The fraction of sp³-hybridized carbons (Fsp3) is 1.00. The van der Waals surface area contributed by atoms with Crippen molar-refractivity contribution in [3.63, 3.8) is 0 Å². The van der Waals surface area contributed by atoms with Gasteiger partial charge in [-0.05, 0) is 37.6 Å². The van der Waals surface area contributed by atoms with Crippen molar-refractivity contribution in [3.8, 4) is 0 Å². The van der Waals surface area contributed by atoms with Crippen molar-refractivity contribution in [2.75, 3.05) is 31.1 Å². The average Bonchev–Trinajstić information content (AvgIpc) is 1.93. The van der Waals surface area contributed by atoms with Gasteiger partial charge in [-0.15, -0.1) is 0 Å². The number of sulfone groups is 1. The van der Waals surface area contributed by atoms with Gasteiger partial charge in [0.25, 0.3) is 0 Å². The van der Waals surface area contributed by atoms with E-state index < -0.39 is 9.84 Å². The van der Waals surface area contributed by atoms with E-state index in [0.29, 0.717) is 16.9 Å². The van der Waals surface area contributed by atoms with Crippen LogP contribution in [0, 0.1) is 11.3 Å². The smallest absolute Gasteiger partial charge is 0.153 e. The van der Waals surface area contributed by atoms with Gasteiger partial charge in [-0.2, -0.15) is 0 Å². The second-order valence-corrected chi connectivity index (χ2v) is 8.42. The zero-order valence-corrected chi connectivity index (χ0v) is 10.6. The maximum Gasteiger partial charge on any atom is 0.153 e. The van der Waals surface area contributed by atoms with E-state index in [1.54, 1.807) is 0 Å². The van der Waals surface area contributed by atoms with Gasteiger partial charge >= 0.3 is 0 Å². The van der Waals surface area contributed by atoms with Crippen LogP contribution < -0.4 is 10.6 Å². The Hall–Kier alpha value is -0.130. The number of hydrogen-bond acceptors (Lipinski definition) is 4. The van der Waals surface area contributed by atoms with Gasteiger partial charge < -0.3 is 10.6 Å². The van der Waals surface area contributed by atoms with Crippen molar-refractivity contribution in [2.24, 2.45) is 11.3 Å². The Bertz CT molecular complexity index is 380. The van der Waals surface area contributed by atoms with Crippen LogP contribution in [0.2, 0.25) is 0 Å². The third-order valence-electron chi connectivity index (χ3n) is 4.34. The zero-order valence-electron chi connectivity index (χ0n) is 9.75. The predicted molar refractivity (Wildman–Crippen MR) is 63.1 cm³/mol. The minimum atomic E-state index is -2.71. The lowest BCUT2D eigenvalue weighted by atomic mass is 9.58. The first-order valence-corrected chi connectivity index (χ1v) is 7.89. The maximum atomic E-state index is 11.1. The van der Waals surface area contributed by atoms with Crippen molar-refractivity contribution < 1.29 is 8.42 Å². The molecule has 1 aliphatic carbocycles. The Kier molecular flexibility index (Phi) is 2.20. The highest BCUT2D eigenvalue weighted by Crippen LogP contribution is 2.48. The molecule has 5 heteroatoms. The first-order valence-electron chi connectivity index (χ1n) is 6.07. The van der Waals surface area contributed by atoms with Crippen LogP contribution in [0.4, 0.5) is 0 Å². The molecule has 3 aliphatic rings. The number of hydrogen-bond donors (Lipinski definition) is 2. The van der Waals surface area contributed by atoms with Gasteiger partial charge in [0.15, 0.2) is 9.84 Å². The average molecular weight is 244 g/mol. The summed E-state index contributed by atoms with van der Waals surface area (Å²) in [5, 5.41) is 6.77. The quantitative estimate of drug-likeness (QED) is 0.719. The summed E-state index contributed by atoms with van der Waals surface area (Å²) in [7, 11) is -2.71. The molecular weight excluding hydrogens is 224 g/mol. The van der Waals surface area contributed by atoms with Crippen LogP contribution in [-0.2, 0) is 9.84 Å². The van der Waals surface area contributed by atoms with Gasteiger partial charge in [0, 0.05) is 18.6 Å². The van der Waals surface area contributed by atoms with Crippen LogP contribution in [0.25, 0.3) is 0 Å². The molecule has 2 aliphatic heterocycles. The van der Waals surface area contributed by atoms with Gasteiger partial charge in [-0.3, -0.25) is 0 Å². The minimum Gasteiger partial charge on any atom is -0.316 e. The number of nitrogens with one attached hydrogen (secondary N) is 2. The summed E-state index contributed by atoms with van der Waals surface area (Å²) in [6.07, 6.45) is 2.63. The zero-order chi connectivity index (χ0) is 11.4. The van der Waals surface area contributed by atoms with Crippen LogP contribution in [0.1, 0.15) is 19.8 Å². The van der Waals surface area contributed by atoms with Crippen molar-refractivity contribution >= 4 is 9.84 Å². The Morgan fingerprint density at radius 2 is 1.94 bits per heavy atom. The molecule has 2 N–H and O–H groups in total. The Labute approximate surface area is 97.1 Å². The van der Waals surface area contributed by atoms with Crippen LogP contribution in [0.5, 0.6) is 0 Å². The second-order valence-electron chi connectivity index (χ2n) is 6.35. The van der Waals surface area contributed by atoms with E-state index >= 15 is 0 Å². The molecule has 2 saturated heterocycles. The second kappa shape index (κ2) is 3.21. The Balaban J connectivity index is 1.42. The first kappa shape index (κ1) is 11.0. The molecule has 0 amide bonds. The summed E-state index contributed by atoms with van der Waals surface area (Å²) < 4.78 is 22.3. The van der Waals surface area contributed by atoms with Crippen LogP contribution in [0.3, 0.4) is 0 Å². The molecule has 0 aromatic carbocycles. The van der Waals surface area contributed by atoms with Crippen LogP contribution in [0.15, 0.2) is 0 Å². The Morgan fingerprint density at radius 1 is 1.31 bits per heavy atom. The van der Waals surface area contributed by atoms with Gasteiger partial charge in [0.05, 0.1) is 11.5 Å². The topological polar surface area (TPSA) is 58.2 Å². The third-order valence-corrected chi connectivity index (χ3v) is 6.49. The molecule has 0 bridgehead atoms. The highest BCUT2D eigenvalue weighted by molar-refractivity contribution is 7.93. The molecule has 4 nitrogen and oxygen atoms in total. The SMILES string of the molecule is CC1(NCC2CC3(CNC3)C2)CS(=O)(=O)C1. The molecule has 3 rings (SSSR count). The van der Waals surface area contributed by atoms with Crippen molar-refractivity contribution in [3.05, 3.63) is 0 Å². The normalized spacial score (nSPS) is 33.8. The van der Waals surface area contributed by atoms with E-state index in [9.17, 15) is 8.42 Å². The largest absolute Gasteiger partial charge is 0.316 e. The highest BCUT2D eigenvalue weighted by Gasteiger charge is 2.49. The molecule has 3 fully saturated rings. The summed E-state index contributed by atoms with van der Waals surface area (Å²) in [5.41, 5.74) is 0.485. The summed E-state index contributed by atoms with van der Waals surface area (Å²) in [6, 6.07) is 0. The molecule has 0 atom stereocenters. The molecule has 1 spiro atoms. The van der Waals surface area contributed by atoms with Gasteiger partial charge in [0.2, 0.25) is 0 Å². The lowest BCUT2D eigenvalue weighted by Gasteiger charge is -2.55. The van der Waals surface area contributed by atoms with E-state index in [4.69, 9.17) is 0 Å². The molecule has 92 valence electrons. The van der Waals surface area contributed by atoms with E-state index in [1.807, 2.05) is 6.92 Å². The highest BCUT2D eigenvalue weighted by atomic mass is 32.2. The molecule has 0 radical (unpaired) electrons. The fourth-order valence-electron chi connectivity index (χ4n) is 3.50. The molecule has 0 aromatic rings. The molecular formula is C11H20N2O2S. The van der Waals surface area contributed by atoms with E-state index in [1.165, 1.54) is 25.9 Å². The maximum absolute atomic E-state index is 11.1. The first-order chi connectivity index (χ1) is 7.41. The van der Waals surface area contributed by atoms with Crippen LogP contribution in [-0.4, -0.2) is 45.1 Å². The minimum absolute atomic E-state index is 0.139. The summed E-state index contributed by atoms with van der Waals surface area (Å²) in [6.45, 7) is 5.39. The molecule has 16 heavy (non-hydrogen) atoms. The van der Waals surface area contributed by atoms with Crippen molar-refractivity contribution in [2.45, 2.75) is 25.3 Å². The molecule has 0 aromatic heterocycles. The molecule has 1 saturated carbocycles. The van der Waals surface area contributed by atoms with E-state index in [0.717, 1.165) is 12.5 Å². The van der Waals surface area contributed by atoms with E-state index in [-0.39, 0.29) is 5.54 Å². The van der Waals surface area contributed by atoms with Gasteiger partial charge in [-0.1, -0.05) is 0 Å². The van der Waals surface area contributed by atoms with Gasteiger partial charge in [-0.25, -0.2) is 8.42 Å².